The molecule has 0 radical (unpaired) electrons. The fraction of sp³-hybridized carbons (Fsp3) is 0.625. The molecule has 1 unspecified atom stereocenters. The van der Waals surface area contributed by atoms with Gasteiger partial charge in [0.05, 0.1) is 11.5 Å². The van der Waals surface area contributed by atoms with Crippen molar-refractivity contribution in [1.29, 1.82) is 0 Å². The molecule has 1 aliphatic rings. The molecule has 21 heavy (non-hydrogen) atoms. The number of hydrogen-bond donors (Lipinski definition) is 2. The van der Waals surface area contributed by atoms with Crippen molar-refractivity contribution in [3.8, 4) is 0 Å². The van der Waals surface area contributed by atoms with Crippen LogP contribution in [-0.4, -0.2) is 17.0 Å². The monoisotopic (exact) mass is 309 g/mol. The Bertz CT molecular complexity index is 490. The average molecular weight is 309 g/mol. The number of hydrogen-bond acceptors (Lipinski definition) is 3. The van der Waals surface area contributed by atoms with Gasteiger partial charge in [-0.1, -0.05) is 32.8 Å². The van der Waals surface area contributed by atoms with E-state index >= 15 is 0 Å². The molecular formula is C16H23NO3S. The molecule has 5 heteroatoms. The topological polar surface area (TPSA) is 66.4 Å². The van der Waals surface area contributed by atoms with Crippen LogP contribution in [0, 0.1) is 11.3 Å². The van der Waals surface area contributed by atoms with Crippen molar-refractivity contribution in [2.45, 2.75) is 52.0 Å². The highest BCUT2D eigenvalue weighted by Gasteiger charge is 2.43. The van der Waals surface area contributed by atoms with Crippen molar-refractivity contribution < 1.29 is 14.7 Å². The van der Waals surface area contributed by atoms with Crippen molar-refractivity contribution in [1.82, 2.24) is 5.32 Å². The second kappa shape index (κ2) is 6.60. The van der Waals surface area contributed by atoms with Gasteiger partial charge in [-0.2, -0.15) is 0 Å². The molecule has 4 nitrogen and oxygen atoms in total. The highest BCUT2D eigenvalue weighted by molar-refractivity contribution is 7.10. The quantitative estimate of drug-likeness (QED) is 0.844. The SMILES string of the molecule is CC(C)C(NC(=O)CC1(C(=O)O)CCCC1)c1cccs1. The largest absolute Gasteiger partial charge is 0.481 e. The molecule has 1 amide bonds. The van der Waals surface area contributed by atoms with Crippen molar-refractivity contribution in [2.24, 2.45) is 11.3 Å². The second-order valence-electron chi connectivity index (χ2n) is 6.27. The fourth-order valence-electron chi connectivity index (χ4n) is 3.08. The van der Waals surface area contributed by atoms with Gasteiger partial charge in [-0.05, 0) is 30.2 Å². The molecule has 0 spiro atoms. The molecule has 1 heterocycles. The van der Waals surface area contributed by atoms with Crippen LogP contribution < -0.4 is 5.32 Å². The maximum Gasteiger partial charge on any atom is 0.310 e. The minimum atomic E-state index is -0.846. The van der Waals surface area contributed by atoms with E-state index < -0.39 is 11.4 Å². The van der Waals surface area contributed by atoms with Gasteiger partial charge in [0.15, 0.2) is 0 Å². The third kappa shape index (κ3) is 3.64. The molecule has 1 aromatic rings. The fourth-order valence-corrected chi connectivity index (χ4v) is 4.03. The highest BCUT2D eigenvalue weighted by Crippen LogP contribution is 2.41. The van der Waals surface area contributed by atoms with E-state index in [1.165, 1.54) is 0 Å². The van der Waals surface area contributed by atoms with Gasteiger partial charge in [0.25, 0.3) is 0 Å². The lowest BCUT2D eigenvalue weighted by molar-refractivity contribution is -0.151. The Morgan fingerprint density at radius 3 is 2.52 bits per heavy atom. The van der Waals surface area contributed by atoms with Gasteiger partial charge < -0.3 is 10.4 Å². The van der Waals surface area contributed by atoms with Crippen molar-refractivity contribution >= 4 is 23.2 Å². The number of amides is 1. The van der Waals surface area contributed by atoms with Gasteiger partial charge in [-0.3, -0.25) is 9.59 Å². The van der Waals surface area contributed by atoms with Crippen LogP contribution in [0.4, 0.5) is 0 Å². The second-order valence-corrected chi connectivity index (χ2v) is 7.25. The molecule has 2 N–H and O–H groups in total. The van der Waals surface area contributed by atoms with Crippen LogP contribution >= 0.6 is 11.3 Å². The molecule has 2 rings (SSSR count). The maximum atomic E-state index is 12.3. The van der Waals surface area contributed by atoms with Crippen molar-refractivity contribution in [3.05, 3.63) is 22.4 Å². The molecule has 116 valence electrons. The van der Waals surface area contributed by atoms with Crippen LogP contribution in [0.1, 0.15) is 56.9 Å². The predicted octanol–water partition coefficient (Wildman–Crippen LogP) is 3.60. The third-order valence-electron chi connectivity index (χ3n) is 4.35. The number of carbonyl (C=O) groups is 2. The minimum absolute atomic E-state index is 0.0373. The predicted molar refractivity (Wildman–Crippen MR) is 83.2 cm³/mol. The average Bonchev–Trinajstić information content (AvgIpc) is 3.07. The lowest BCUT2D eigenvalue weighted by Gasteiger charge is -2.26. The van der Waals surface area contributed by atoms with Crippen LogP contribution in [0.15, 0.2) is 17.5 Å². The normalized spacial score (nSPS) is 18.6. The smallest absolute Gasteiger partial charge is 0.310 e. The Morgan fingerprint density at radius 1 is 1.38 bits per heavy atom. The molecule has 0 aromatic carbocycles. The van der Waals surface area contributed by atoms with Gasteiger partial charge in [-0.25, -0.2) is 0 Å². The van der Waals surface area contributed by atoms with E-state index in [9.17, 15) is 14.7 Å². The number of carboxylic acids is 1. The van der Waals surface area contributed by atoms with Crippen LogP contribution in [0.3, 0.4) is 0 Å². The zero-order valence-corrected chi connectivity index (χ0v) is 13.4. The molecular weight excluding hydrogens is 286 g/mol. The lowest BCUT2D eigenvalue weighted by atomic mass is 9.82. The molecule has 1 fully saturated rings. The van der Waals surface area contributed by atoms with E-state index in [1.807, 2.05) is 17.5 Å². The summed E-state index contributed by atoms with van der Waals surface area (Å²) in [4.78, 5) is 25.0. The van der Waals surface area contributed by atoms with E-state index in [0.29, 0.717) is 12.8 Å². The number of rotatable bonds is 6. The van der Waals surface area contributed by atoms with E-state index in [4.69, 9.17) is 0 Å². The van der Waals surface area contributed by atoms with E-state index in [-0.39, 0.29) is 24.3 Å². The Kier molecular flexibility index (Phi) is 5.04. The molecule has 1 atom stereocenters. The first-order chi connectivity index (χ1) is 9.94. The number of carbonyl (C=O) groups excluding carboxylic acids is 1. The van der Waals surface area contributed by atoms with Crippen LogP contribution in [0.25, 0.3) is 0 Å². The van der Waals surface area contributed by atoms with Crippen LogP contribution in [0.5, 0.6) is 0 Å². The summed E-state index contributed by atoms with van der Waals surface area (Å²) in [7, 11) is 0. The number of aliphatic carboxylic acids is 1. The Balaban J connectivity index is 2.04. The summed E-state index contributed by atoms with van der Waals surface area (Å²) in [6, 6.07) is 3.94. The molecule has 1 aromatic heterocycles. The first-order valence-corrected chi connectivity index (χ1v) is 8.39. The van der Waals surface area contributed by atoms with Crippen molar-refractivity contribution in [2.75, 3.05) is 0 Å². The number of thiophene rings is 1. The Labute approximate surface area is 129 Å². The minimum Gasteiger partial charge on any atom is -0.481 e. The van der Waals surface area contributed by atoms with Crippen LogP contribution in [0.2, 0.25) is 0 Å². The third-order valence-corrected chi connectivity index (χ3v) is 5.30. The van der Waals surface area contributed by atoms with Gasteiger partial charge in [0, 0.05) is 11.3 Å². The van der Waals surface area contributed by atoms with Gasteiger partial charge >= 0.3 is 5.97 Å². The van der Waals surface area contributed by atoms with Gasteiger partial charge in [0.2, 0.25) is 5.91 Å². The van der Waals surface area contributed by atoms with E-state index in [1.54, 1.807) is 11.3 Å². The van der Waals surface area contributed by atoms with Gasteiger partial charge in [-0.15, -0.1) is 11.3 Å². The molecule has 0 aliphatic heterocycles. The molecule has 0 bridgehead atoms. The van der Waals surface area contributed by atoms with Gasteiger partial charge in [0.1, 0.15) is 0 Å². The van der Waals surface area contributed by atoms with Crippen molar-refractivity contribution in [3.63, 3.8) is 0 Å². The molecule has 0 saturated heterocycles. The summed E-state index contributed by atoms with van der Waals surface area (Å²) in [5.41, 5.74) is -0.846. The molecule has 1 aliphatic carbocycles. The number of carboxylic acid groups (broad SMARTS) is 1. The summed E-state index contributed by atoms with van der Waals surface area (Å²) >= 11 is 1.62. The first-order valence-electron chi connectivity index (χ1n) is 7.51. The molecule has 1 saturated carbocycles. The summed E-state index contributed by atoms with van der Waals surface area (Å²) in [5.74, 6) is -0.698. The standard InChI is InChI=1S/C16H23NO3S/c1-11(2)14(12-6-5-9-21-12)17-13(18)10-16(15(19)20)7-3-4-8-16/h5-6,9,11,14H,3-4,7-8,10H2,1-2H3,(H,17,18)(H,19,20). The first kappa shape index (κ1) is 16.0. The summed E-state index contributed by atoms with van der Waals surface area (Å²) in [6.07, 6.45) is 3.12. The zero-order chi connectivity index (χ0) is 15.5. The van der Waals surface area contributed by atoms with E-state index in [2.05, 4.69) is 19.2 Å². The van der Waals surface area contributed by atoms with E-state index in [0.717, 1.165) is 17.7 Å². The number of nitrogens with one attached hydrogen (secondary N) is 1. The zero-order valence-electron chi connectivity index (χ0n) is 12.6. The Hall–Kier alpha value is -1.36. The highest BCUT2D eigenvalue weighted by atomic mass is 32.1. The van der Waals surface area contributed by atoms with Crippen LogP contribution in [-0.2, 0) is 9.59 Å². The maximum absolute atomic E-state index is 12.3. The summed E-state index contributed by atoms with van der Waals surface area (Å²) < 4.78 is 0. The summed E-state index contributed by atoms with van der Waals surface area (Å²) in [6.45, 7) is 4.13. The lowest BCUT2D eigenvalue weighted by Crippen LogP contribution is -2.38. The summed E-state index contributed by atoms with van der Waals surface area (Å²) in [5, 5.41) is 14.5. The Morgan fingerprint density at radius 2 is 2.05 bits per heavy atom.